The molecule has 13 nitrogen and oxygen atoms in total. The van der Waals surface area contributed by atoms with E-state index in [1.165, 1.54) is 6.33 Å². The summed E-state index contributed by atoms with van der Waals surface area (Å²) < 4.78 is 0. The van der Waals surface area contributed by atoms with Crippen LogP contribution in [0.5, 0.6) is 0 Å². The second-order valence-corrected chi connectivity index (χ2v) is 9.35. The van der Waals surface area contributed by atoms with E-state index in [9.17, 15) is 29.1 Å². The summed E-state index contributed by atoms with van der Waals surface area (Å²) in [5.74, 6) is -4.17. The maximum atomic E-state index is 13.2. The number of hydrogen-bond donors (Lipinski definition) is 7. The zero-order valence-electron chi connectivity index (χ0n) is 21.2. The third-order valence-corrected chi connectivity index (χ3v) is 5.76. The van der Waals surface area contributed by atoms with E-state index in [0.717, 1.165) is 0 Å². The number of aliphatic carboxylic acids is 1. The van der Waals surface area contributed by atoms with Crippen molar-refractivity contribution in [1.82, 2.24) is 25.9 Å². The maximum Gasteiger partial charge on any atom is 0.326 e. The lowest BCUT2D eigenvalue weighted by atomic mass is 9.96. The number of carbonyl (C=O) groups excluding carboxylic acids is 4. The first-order valence-electron chi connectivity index (χ1n) is 12.0. The van der Waals surface area contributed by atoms with Crippen molar-refractivity contribution in [3.05, 3.63) is 18.2 Å². The van der Waals surface area contributed by atoms with Gasteiger partial charge in [0.05, 0.1) is 12.4 Å². The summed E-state index contributed by atoms with van der Waals surface area (Å²) in [6.07, 6.45) is 3.61. The van der Waals surface area contributed by atoms with Crippen molar-refractivity contribution in [2.24, 2.45) is 23.3 Å². The molecule has 36 heavy (non-hydrogen) atoms. The first-order chi connectivity index (χ1) is 16.8. The predicted molar refractivity (Wildman–Crippen MR) is 131 cm³/mol. The zero-order chi connectivity index (χ0) is 27.4. The van der Waals surface area contributed by atoms with Crippen molar-refractivity contribution in [2.45, 2.75) is 84.0 Å². The van der Waals surface area contributed by atoms with Gasteiger partial charge in [-0.05, 0) is 24.7 Å². The van der Waals surface area contributed by atoms with Crippen molar-refractivity contribution in [2.75, 3.05) is 0 Å². The second kappa shape index (κ2) is 14.8. The van der Waals surface area contributed by atoms with Crippen molar-refractivity contribution in [3.63, 3.8) is 0 Å². The highest BCUT2D eigenvalue weighted by molar-refractivity contribution is 5.94. The van der Waals surface area contributed by atoms with E-state index in [1.807, 2.05) is 20.8 Å². The zero-order valence-corrected chi connectivity index (χ0v) is 21.2. The first kappa shape index (κ1) is 30.6. The molecular formula is C23H39N7O6. The molecule has 1 heterocycles. The molecule has 1 aromatic heterocycles. The van der Waals surface area contributed by atoms with Crippen LogP contribution in [-0.2, 0) is 30.4 Å². The summed E-state index contributed by atoms with van der Waals surface area (Å²) in [4.78, 5) is 68.2. The SMILES string of the molecule is CCC(C)C(NC(=O)C(CC(C)C)NC(=O)C(N)Cc1cnc[nH]1)C(=O)NC(CCC(N)=O)C(=O)O. The van der Waals surface area contributed by atoms with E-state index in [2.05, 4.69) is 25.9 Å². The molecule has 0 aliphatic rings. The number of aromatic nitrogens is 2. The van der Waals surface area contributed by atoms with Gasteiger partial charge in [0.25, 0.3) is 0 Å². The number of carboxylic acid groups (broad SMARTS) is 1. The Balaban J connectivity index is 2.96. The number of aromatic amines is 1. The van der Waals surface area contributed by atoms with Crippen LogP contribution in [0.1, 0.15) is 59.1 Å². The van der Waals surface area contributed by atoms with E-state index in [0.29, 0.717) is 18.5 Å². The molecule has 0 aromatic carbocycles. The van der Waals surface area contributed by atoms with Gasteiger partial charge in [-0.2, -0.15) is 0 Å². The van der Waals surface area contributed by atoms with Crippen LogP contribution < -0.4 is 27.4 Å². The molecule has 1 rings (SSSR count). The van der Waals surface area contributed by atoms with Crippen LogP contribution >= 0.6 is 0 Å². The molecule has 0 aliphatic carbocycles. The van der Waals surface area contributed by atoms with E-state index in [-0.39, 0.29) is 31.1 Å². The molecule has 0 aliphatic heterocycles. The fraction of sp³-hybridized carbons (Fsp3) is 0.652. The number of carboxylic acids is 1. The summed E-state index contributed by atoms with van der Waals surface area (Å²) in [6, 6.07) is -4.30. The van der Waals surface area contributed by atoms with Gasteiger partial charge in [-0.3, -0.25) is 19.2 Å². The highest BCUT2D eigenvalue weighted by atomic mass is 16.4. The van der Waals surface area contributed by atoms with E-state index < -0.39 is 53.8 Å². The predicted octanol–water partition coefficient (Wildman–Crippen LogP) is -0.824. The van der Waals surface area contributed by atoms with Gasteiger partial charge in [0.1, 0.15) is 18.1 Å². The third kappa shape index (κ3) is 10.4. The van der Waals surface area contributed by atoms with Crippen LogP contribution in [0, 0.1) is 11.8 Å². The van der Waals surface area contributed by atoms with Gasteiger partial charge in [-0.1, -0.05) is 34.1 Å². The number of nitrogens with zero attached hydrogens (tertiary/aromatic N) is 1. The van der Waals surface area contributed by atoms with E-state index in [4.69, 9.17) is 11.5 Å². The molecule has 5 atom stereocenters. The molecular weight excluding hydrogens is 470 g/mol. The van der Waals surface area contributed by atoms with Crippen LogP contribution in [0.3, 0.4) is 0 Å². The van der Waals surface area contributed by atoms with Crippen molar-refractivity contribution in [1.29, 1.82) is 0 Å². The lowest BCUT2D eigenvalue weighted by molar-refractivity contribution is -0.143. The van der Waals surface area contributed by atoms with Gasteiger partial charge in [0.2, 0.25) is 23.6 Å². The number of rotatable bonds is 16. The Labute approximate surface area is 210 Å². The first-order valence-corrected chi connectivity index (χ1v) is 12.0. The van der Waals surface area contributed by atoms with Crippen molar-refractivity contribution < 1.29 is 29.1 Å². The van der Waals surface area contributed by atoms with Crippen LogP contribution in [0.25, 0.3) is 0 Å². The molecule has 13 heteroatoms. The molecule has 0 radical (unpaired) electrons. The highest BCUT2D eigenvalue weighted by Crippen LogP contribution is 2.12. The smallest absolute Gasteiger partial charge is 0.326 e. The minimum atomic E-state index is -1.35. The van der Waals surface area contributed by atoms with Crippen LogP contribution in [-0.4, -0.2) is 68.8 Å². The van der Waals surface area contributed by atoms with Crippen LogP contribution in [0.15, 0.2) is 12.5 Å². The fourth-order valence-corrected chi connectivity index (χ4v) is 3.47. The molecule has 4 amide bonds. The van der Waals surface area contributed by atoms with Crippen LogP contribution in [0.2, 0.25) is 0 Å². The maximum absolute atomic E-state index is 13.2. The Morgan fingerprint density at radius 3 is 2.17 bits per heavy atom. The Hall–Kier alpha value is -3.48. The monoisotopic (exact) mass is 509 g/mol. The van der Waals surface area contributed by atoms with Gasteiger partial charge in [-0.15, -0.1) is 0 Å². The lowest BCUT2D eigenvalue weighted by Crippen LogP contribution is -2.59. The van der Waals surface area contributed by atoms with Gasteiger partial charge >= 0.3 is 5.97 Å². The van der Waals surface area contributed by atoms with Crippen LogP contribution in [0.4, 0.5) is 0 Å². The molecule has 202 valence electrons. The topological polar surface area (TPSA) is 222 Å². The number of primary amides is 1. The molecule has 9 N–H and O–H groups in total. The Morgan fingerprint density at radius 1 is 1.03 bits per heavy atom. The number of hydrogen-bond acceptors (Lipinski definition) is 7. The second-order valence-electron chi connectivity index (χ2n) is 9.35. The molecule has 0 saturated heterocycles. The van der Waals surface area contributed by atoms with Gasteiger partial charge < -0.3 is 37.5 Å². The van der Waals surface area contributed by atoms with Crippen molar-refractivity contribution in [3.8, 4) is 0 Å². The average Bonchev–Trinajstić information content (AvgIpc) is 3.31. The number of nitrogens with two attached hydrogens (primary N) is 2. The number of amides is 4. The summed E-state index contributed by atoms with van der Waals surface area (Å²) in [5.41, 5.74) is 11.8. The summed E-state index contributed by atoms with van der Waals surface area (Å²) in [6.45, 7) is 7.32. The van der Waals surface area contributed by atoms with Gasteiger partial charge in [0, 0.05) is 24.7 Å². The molecule has 0 fully saturated rings. The molecule has 5 unspecified atom stereocenters. The average molecular weight is 510 g/mol. The Kier molecular flexibility index (Phi) is 12.6. The number of carbonyl (C=O) groups is 5. The van der Waals surface area contributed by atoms with E-state index in [1.54, 1.807) is 13.1 Å². The summed E-state index contributed by atoms with van der Waals surface area (Å²) in [7, 11) is 0. The third-order valence-electron chi connectivity index (χ3n) is 5.76. The Bertz CT molecular complexity index is 890. The number of nitrogens with one attached hydrogen (secondary N) is 4. The van der Waals surface area contributed by atoms with Gasteiger partial charge in [-0.25, -0.2) is 9.78 Å². The van der Waals surface area contributed by atoms with E-state index >= 15 is 0 Å². The fourth-order valence-electron chi connectivity index (χ4n) is 3.47. The Morgan fingerprint density at radius 2 is 1.67 bits per heavy atom. The standard InChI is InChI=1S/C23H39N7O6/c1-5-13(4)19(22(34)28-16(23(35)36)6-7-18(25)31)30-21(33)17(8-12(2)3)29-20(32)15(24)9-14-10-26-11-27-14/h10-13,15-17,19H,5-9,24H2,1-4H3,(H2,25,31)(H,26,27)(H,28,34)(H,29,32)(H,30,33)(H,35,36). The number of H-pyrrole nitrogens is 1. The minimum absolute atomic E-state index is 0.0333. The highest BCUT2D eigenvalue weighted by Gasteiger charge is 2.33. The minimum Gasteiger partial charge on any atom is -0.480 e. The summed E-state index contributed by atoms with van der Waals surface area (Å²) >= 11 is 0. The molecule has 0 saturated carbocycles. The van der Waals surface area contributed by atoms with Gasteiger partial charge in [0.15, 0.2) is 0 Å². The quantitative estimate of drug-likeness (QED) is 0.149. The summed E-state index contributed by atoms with van der Waals surface area (Å²) in [5, 5.41) is 17.1. The molecule has 0 spiro atoms. The number of imidazole rings is 1. The molecule has 0 bridgehead atoms. The lowest BCUT2D eigenvalue weighted by Gasteiger charge is -2.28. The normalized spacial score (nSPS) is 15.3. The van der Waals surface area contributed by atoms with Crippen molar-refractivity contribution >= 4 is 29.6 Å². The molecule has 1 aromatic rings. The largest absolute Gasteiger partial charge is 0.480 e.